The number of amides is 1. The van der Waals surface area contributed by atoms with Gasteiger partial charge in [0.1, 0.15) is 5.60 Å². The van der Waals surface area contributed by atoms with Gasteiger partial charge in [0, 0.05) is 23.7 Å². The van der Waals surface area contributed by atoms with Crippen LogP contribution in [0.1, 0.15) is 62.3 Å². The molecular formula is C15H23N3O4. The Bertz CT molecular complexity index is 574. The third kappa shape index (κ3) is 3.40. The number of fused-ring (bicyclic) bond motifs is 1. The lowest BCUT2D eigenvalue weighted by Gasteiger charge is -2.32. The van der Waals surface area contributed by atoms with Crippen LogP contribution in [0.15, 0.2) is 0 Å². The molecule has 0 fully saturated rings. The molecule has 2 rings (SSSR count). The second-order valence-electron chi connectivity index (χ2n) is 6.45. The highest BCUT2D eigenvalue weighted by molar-refractivity contribution is 5.89. The van der Waals surface area contributed by atoms with Gasteiger partial charge in [-0.05, 0) is 27.7 Å². The zero-order chi connectivity index (χ0) is 16.5. The molecule has 22 heavy (non-hydrogen) atoms. The van der Waals surface area contributed by atoms with E-state index in [-0.39, 0.29) is 24.3 Å². The van der Waals surface area contributed by atoms with Crippen molar-refractivity contribution in [3.8, 4) is 0 Å². The van der Waals surface area contributed by atoms with Crippen molar-refractivity contribution in [2.45, 2.75) is 52.7 Å². The van der Waals surface area contributed by atoms with Crippen LogP contribution < -0.4 is 0 Å². The van der Waals surface area contributed by atoms with Crippen LogP contribution in [0, 0.1) is 0 Å². The molecule has 1 aliphatic rings. The first-order chi connectivity index (χ1) is 10.2. The van der Waals surface area contributed by atoms with Crippen molar-refractivity contribution < 1.29 is 19.1 Å². The van der Waals surface area contributed by atoms with Crippen molar-refractivity contribution in [1.82, 2.24) is 15.1 Å². The Morgan fingerprint density at radius 1 is 1.41 bits per heavy atom. The van der Waals surface area contributed by atoms with Crippen LogP contribution in [0.5, 0.6) is 0 Å². The van der Waals surface area contributed by atoms with Gasteiger partial charge in [0.2, 0.25) is 0 Å². The van der Waals surface area contributed by atoms with E-state index < -0.39 is 11.6 Å². The average Bonchev–Trinajstić information content (AvgIpc) is 2.81. The average molecular weight is 309 g/mol. The summed E-state index contributed by atoms with van der Waals surface area (Å²) in [5.74, 6) is -0.426. The van der Waals surface area contributed by atoms with E-state index in [1.165, 1.54) is 0 Å². The van der Waals surface area contributed by atoms with Crippen molar-refractivity contribution in [1.29, 1.82) is 0 Å². The summed E-state index contributed by atoms with van der Waals surface area (Å²) in [6, 6.07) is 0. The van der Waals surface area contributed by atoms with Gasteiger partial charge < -0.3 is 14.4 Å². The predicted octanol–water partition coefficient (Wildman–Crippen LogP) is 2.44. The number of ether oxygens (including phenoxy) is 2. The first kappa shape index (κ1) is 16.3. The number of nitrogens with one attached hydrogen (secondary N) is 1. The fourth-order valence-corrected chi connectivity index (χ4v) is 2.46. The second-order valence-corrected chi connectivity index (χ2v) is 6.45. The molecule has 0 spiro atoms. The topological polar surface area (TPSA) is 84.5 Å². The third-order valence-electron chi connectivity index (χ3n) is 3.36. The Morgan fingerprint density at radius 3 is 2.68 bits per heavy atom. The first-order valence-corrected chi connectivity index (χ1v) is 7.45. The van der Waals surface area contributed by atoms with E-state index in [1.807, 2.05) is 27.7 Å². The molecule has 7 heteroatoms. The van der Waals surface area contributed by atoms with Crippen LogP contribution in [-0.4, -0.2) is 45.9 Å². The Kier molecular flexibility index (Phi) is 4.44. The van der Waals surface area contributed by atoms with Crippen molar-refractivity contribution in [2.75, 3.05) is 13.2 Å². The number of carbonyl (C=O) groups is 2. The predicted molar refractivity (Wildman–Crippen MR) is 79.6 cm³/mol. The fourth-order valence-electron chi connectivity index (χ4n) is 2.46. The summed E-state index contributed by atoms with van der Waals surface area (Å²) >= 11 is 0. The highest BCUT2D eigenvalue weighted by Crippen LogP contribution is 2.29. The molecule has 1 aromatic heterocycles. The Morgan fingerprint density at radius 2 is 2.09 bits per heavy atom. The SMILES string of the molecule is CCOC(=O)c1n[nH]c2c1CN(C(=O)OC(C)(C)C)CC2C. The highest BCUT2D eigenvalue weighted by atomic mass is 16.6. The molecule has 1 aromatic rings. The van der Waals surface area contributed by atoms with Crippen LogP contribution in [-0.2, 0) is 16.0 Å². The van der Waals surface area contributed by atoms with Crippen LogP contribution in [0.2, 0.25) is 0 Å². The van der Waals surface area contributed by atoms with E-state index in [4.69, 9.17) is 9.47 Å². The molecule has 2 heterocycles. The number of aromatic amines is 1. The molecule has 1 atom stereocenters. The number of rotatable bonds is 2. The number of esters is 1. The van der Waals surface area contributed by atoms with Gasteiger partial charge in [-0.25, -0.2) is 9.59 Å². The summed E-state index contributed by atoms with van der Waals surface area (Å²) < 4.78 is 10.4. The molecule has 0 aliphatic carbocycles. The summed E-state index contributed by atoms with van der Waals surface area (Å²) in [6.45, 7) is 10.3. The summed E-state index contributed by atoms with van der Waals surface area (Å²) in [5.41, 5.74) is 1.28. The Hall–Kier alpha value is -2.05. The largest absolute Gasteiger partial charge is 0.461 e. The molecule has 7 nitrogen and oxygen atoms in total. The summed E-state index contributed by atoms with van der Waals surface area (Å²) in [4.78, 5) is 25.8. The van der Waals surface area contributed by atoms with E-state index >= 15 is 0 Å². The van der Waals surface area contributed by atoms with Gasteiger partial charge in [0.25, 0.3) is 0 Å². The number of aromatic nitrogens is 2. The van der Waals surface area contributed by atoms with E-state index in [2.05, 4.69) is 10.2 Å². The normalized spacial score (nSPS) is 17.9. The molecule has 1 unspecified atom stereocenters. The smallest absolute Gasteiger partial charge is 0.410 e. The zero-order valence-electron chi connectivity index (χ0n) is 13.7. The molecule has 0 saturated carbocycles. The molecule has 122 valence electrons. The van der Waals surface area contributed by atoms with E-state index in [0.29, 0.717) is 18.7 Å². The zero-order valence-corrected chi connectivity index (χ0v) is 13.7. The standard InChI is InChI=1S/C15H23N3O4/c1-6-21-13(19)12-10-8-18(14(20)22-15(3,4)5)7-9(2)11(10)16-17-12/h9H,6-8H2,1-5H3,(H,16,17). The van der Waals surface area contributed by atoms with Crippen molar-refractivity contribution in [3.63, 3.8) is 0 Å². The van der Waals surface area contributed by atoms with E-state index in [0.717, 1.165) is 5.69 Å². The Balaban J connectivity index is 2.22. The van der Waals surface area contributed by atoms with Crippen LogP contribution in [0.25, 0.3) is 0 Å². The molecular weight excluding hydrogens is 286 g/mol. The fraction of sp³-hybridized carbons (Fsp3) is 0.667. The van der Waals surface area contributed by atoms with Crippen molar-refractivity contribution >= 4 is 12.1 Å². The molecule has 1 amide bonds. The summed E-state index contributed by atoms with van der Waals surface area (Å²) in [7, 11) is 0. The molecule has 1 N–H and O–H groups in total. The van der Waals surface area contributed by atoms with Crippen LogP contribution in [0.3, 0.4) is 0 Å². The van der Waals surface area contributed by atoms with Gasteiger partial charge >= 0.3 is 12.1 Å². The minimum absolute atomic E-state index is 0.0481. The van der Waals surface area contributed by atoms with Gasteiger partial charge in [-0.3, -0.25) is 5.10 Å². The van der Waals surface area contributed by atoms with Gasteiger partial charge in [-0.15, -0.1) is 0 Å². The summed E-state index contributed by atoms with van der Waals surface area (Å²) in [6.07, 6.45) is -0.388. The number of H-pyrrole nitrogens is 1. The van der Waals surface area contributed by atoms with Gasteiger partial charge in [0.15, 0.2) is 5.69 Å². The minimum atomic E-state index is -0.555. The lowest BCUT2D eigenvalue weighted by Crippen LogP contribution is -2.41. The second kappa shape index (κ2) is 5.98. The van der Waals surface area contributed by atoms with E-state index in [1.54, 1.807) is 11.8 Å². The minimum Gasteiger partial charge on any atom is -0.461 e. The highest BCUT2D eigenvalue weighted by Gasteiger charge is 2.34. The number of nitrogens with zero attached hydrogens (tertiary/aromatic N) is 2. The molecule has 0 radical (unpaired) electrons. The van der Waals surface area contributed by atoms with Crippen LogP contribution >= 0.6 is 0 Å². The monoisotopic (exact) mass is 309 g/mol. The van der Waals surface area contributed by atoms with Gasteiger partial charge in [-0.1, -0.05) is 6.92 Å². The van der Waals surface area contributed by atoms with Crippen molar-refractivity contribution in [3.05, 3.63) is 17.0 Å². The molecule has 0 aromatic carbocycles. The maximum atomic E-state index is 12.3. The van der Waals surface area contributed by atoms with Gasteiger partial charge in [0.05, 0.1) is 13.2 Å². The lowest BCUT2D eigenvalue weighted by atomic mass is 9.97. The maximum absolute atomic E-state index is 12.3. The quantitative estimate of drug-likeness (QED) is 0.848. The lowest BCUT2D eigenvalue weighted by molar-refractivity contribution is 0.0204. The van der Waals surface area contributed by atoms with Crippen molar-refractivity contribution in [2.24, 2.45) is 0 Å². The first-order valence-electron chi connectivity index (χ1n) is 7.45. The van der Waals surface area contributed by atoms with Gasteiger partial charge in [-0.2, -0.15) is 5.10 Å². The Labute approximate surface area is 130 Å². The molecule has 0 bridgehead atoms. The number of hydrogen-bond acceptors (Lipinski definition) is 5. The maximum Gasteiger partial charge on any atom is 0.410 e. The number of carbonyl (C=O) groups excluding carboxylic acids is 2. The van der Waals surface area contributed by atoms with Crippen LogP contribution in [0.4, 0.5) is 4.79 Å². The van der Waals surface area contributed by atoms with E-state index in [9.17, 15) is 9.59 Å². The third-order valence-corrected chi connectivity index (χ3v) is 3.36. The molecule has 0 saturated heterocycles. The number of hydrogen-bond donors (Lipinski definition) is 1. The summed E-state index contributed by atoms with van der Waals surface area (Å²) in [5, 5.41) is 6.95. The molecule has 1 aliphatic heterocycles.